The van der Waals surface area contributed by atoms with Gasteiger partial charge in [-0.15, -0.1) is 0 Å². The lowest BCUT2D eigenvalue weighted by molar-refractivity contribution is -0.258. The SMILES string of the molecule is [N-]=[N+]=NCC(=O)OC1O[C@H](CO)[C@@H](O)[C@H](O)[C@@H]1N. The molecule has 1 fully saturated rings. The molecule has 1 saturated heterocycles. The summed E-state index contributed by atoms with van der Waals surface area (Å²) in [6, 6.07) is -1.17. The number of azide groups is 1. The molecule has 1 aliphatic heterocycles. The zero-order chi connectivity index (χ0) is 13.7. The number of nitrogens with two attached hydrogens (primary N) is 1. The Labute approximate surface area is 102 Å². The maximum atomic E-state index is 11.2. The van der Waals surface area contributed by atoms with E-state index in [4.69, 9.17) is 25.8 Å². The Kier molecular flexibility index (Phi) is 5.28. The van der Waals surface area contributed by atoms with E-state index >= 15 is 0 Å². The first-order chi connectivity index (χ1) is 8.51. The Morgan fingerprint density at radius 1 is 1.50 bits per heavy atom. The predicted molar refractivity (Wildman–Crippen MR) is 55.8 cm³/mol. The van der Waals surface area contributed by atoms with Crippen molar-refractivity contribution in [1.82, 2.24) is 0 Å². The fourth-order valence-electron chi connectivity index (χ4n) is 1.47. The lowest BCUT2D eigenvalue weighted by atomic mass is 9.98. The summed E-state index contributed by atoms with van der Waals surface area (Å²) < 4.78 is 9.74. The monoisotopic (exact) mass is 262 g/mol. The summed E-state index contributed by atoms with van der Waals surface area (Å²) in [7, 11) is 0. The molecule has 0 saturated carbocycles. The van der Waals surface area contributed by atoms with E-state index in [-0.39, 0.29) is 0 Å². The van der Waals surface area contributed by atoms with Crippen LogP contribution < -0.4 is 5.73 Å². The minimum absolute atomic E-state index is 0.550. The van der Waals surface area contributed by atoms with Crippen LogP contribution in [0.25, 0.3) is 10.4 Å². The second-order valence-corrected chi connectivity index (χ2v) is 3.66. The number of esters is 1. The van der Waals surface area contributed by atoms with Crippen molar-refractivity contribution in [1.29, 1.82) is 0 Å². The summed E-state index contributed by atoms with van der Waals surface area (Å²) in [5.74, 6) is -0.895. The number of hydrogen-bond donors (Lipinski definition) is 4. The fourth-order valence-corrected chi connectivity index (χ4v) is 1.47. The van der Waals surface area contributed by atoms with Crippen LogP contribution in [0.4, 0.5) is 0 Å². The van der Waals surface area contributed by atoms with Crippen molar-refractivity contribution < 1.29 is 29.6 Å². The van der Waals surface area contributed by atoms with E-state index in [0.29, 0.717) is 0 Å². The Bertz CT molecular complexity index is 344. The van der Waals surface area contributed by atoms with Crippen LogP contribution in [0.3, 0.4) is 0 Å². The van der Waals surface area contributed by atoms with Gasteiger partial charge in [-0.05, 0) is 5.53 Å². The number of carbonyl (C=O) groups is 1. The van der Waals surface area contributed by atoms with Crippen LogP contribution in [-0.4, -0.2) is 65.1 Å². The van der Waals surface area contributed by atoms with E-state index in [1.165, 1.54) is 0 Å². The maximum Gasteiger partial charge on any atom is 0.314 e. The van der Waals surface area contributed by atoms with Gasteiger partial charge >= 0.3 is 5.97 Å². The standard InChI is InChI=1S/C8H14N4O6/c9-5-7(16)6(15)3(2-13)17-8(5)18-4(14)1-11-12-10/h3,5-8,13,15-16H,1-2,9H2/t3-,5+,6-,7-,8?/m1/s1. The Balaban J connectivity index is 2.64. The number of aliphatic hydroxyl groups is 3. The molecule has 10 nitrogen and oxygen atoms in total. The zero-order valence-electron chi connectivity index (χ0n) is 9.29. The minimum atomic E-state index is -1.41. The number of nitrogens with zero attached hydrogens (tertiary/aromatic N) is 3. The molecular weight excluding hydrogens is 248 g/mol. The van der Waals surface area contributed by atoms with Crippen molar-refractivity contribution in [2.75, 3.05) is 13.2 Å². The van der Waals surface area contributed by atoms with Crippen LogP contribution >= 0.6 is 0 Å². The molecule has 0 aromatic carbocycles. The largest absolute Gasteiger partial charge is 0.434 e. The van der Waals surface area contributed by atoms with Crippen molar-refractivity contribution in [3.8, 4) is 0 Å². The van der Waals surface area contributed by atoms with E-state index in [0.717, 1.165) is 0 Å². The van der Waals surface area contributed by atoms with Gasteiger partial charge in [0.15, 0.2) is 0 Å². The molecule has 1 heterocycles. The Morgan fingerprint density at radius 2 is 2.17 bits per heavy atom. The highest BCUT2D eigenvalue weighted by Gasteiger charge is 2.44. The number of carbonyl (C=O) groups excluding carboxylic acids is 1. The first kappa shape index (κ1) is 14.6. The molecule has 0 aliphatic carbocycles. The van der Waals surface area contributed by atoms with Crippen LogP contribution in [0.1, 0.15) is 0 Å². The fraction of sp³-hybridized carbons (Fsp3) is 0.875. The number of ether oxygens (including phenoxy) is 2. The van der Waals surface area contributed by atoms with E-state index in [9.17, 15) is 15.0 Å². The van der Waals surface area contributed by atoms with Gasteiger partial charge in [0.1, 0.15) is 24.9 Å². The third-order valence-electron chi connectivity index (χ3n) is 2.44. The second kappa shape index (κ2) is 6.50. The molecular formula is C8H14N4O6. The number of hydrogen-bond acceptors (Lipinski definition) is 8. The van der Waals surface area contributed by atoms with Crippen molar-refractivity contribution in [2.45, 2.75) is 30.6 Å². The van der Waals surface area contributed by atoms with Gasteiger partial charge in [-0.25, -0.2) is 0 Å². The van der Waals surface area contributed by atoms with Crippen molar-refractivity contribution in [2.24, 2.45) is 10.8 Å². The molecule has 0 spiro atoms. The van der Waals surface area contributed by atoms with Crippen molar-refractivity contribution in [3.63, 3.8) is 0 Å². The molecule has 0 radical (unpaired) electrons. The predicted octanol–water partition coefficient (Wildman–Crippen LogP) is -2.39. The van der Waals surface area contributed by atoms with Crippen molar-refractivity contribution in [3.05, 3.63) is 10.4 Å². The number of rotatable bonds is 4. The molecule has 5 atom stereocenters. The van der Waals surface area contributed by atoms with Gasteiger partial charge in [-0.2, -0.15) is 0 Å². The van der Waals surface area contributed by atoms with Gasteiger partial charge in [0.2, 0.25) is 6.29 Å². The minimum Gasteiger partial charge on any atom is -0.434 e. The average Bonchev–Trinajstić information content (AvgIpc) is 2.37. The van der Waals surface area contributed by atoms with E-state index < -0.39 is 49.8 Å². The summed E-state index contributed by atoms with van der Waals surface area (Å²) in [4.78, 5) is 13.5. The third kappa shape index (κ3) is 3.29. The first-order valence-electron chi connectivity index (χ1n) is 5.09. The van der Waals surface area contributed by atoms with E-state index in [2.05, 4.69) is 10.0 Å². The van der Waals surface area contributed by atoms with Crippen LogP contribution in [0, 0.1) is 0 Å². The highest BCUT2D eigenvalue weighted by atomic mass is 16.7. The highest BCUT2D eigenvalue weighted by molar-refractivity contribution is 5.71. The third-order valence-corrected chi connectivity index (χ3v) is 2.44. The zero-order valence-corrected chi connectivity index (χ0v) is 9.29. The molecule has 1 aliphatic rings. The maximum absolute atomic E-state index is 11.2. The van der Waals surface area contributed by atoms with Gasteiger partial charge in [-0.1, -0.05) is 5.11 Å². The normalized spacial score (nSPS) is 35.7. The second-order valence-electron chi connectivity index (χ2n) is 3.66. The van der Waals surface area contributed by atoms with Crippen molar-refractivity contribution >= 4 is 5.97 Å². The van der Waals surface area contributed by atoms with Gasteiger partial charge in [0, 0.05) is 4.91 Å². The summed E-state index contributed by atoms with van der Waals surface area (Å²) in [6.07, 6.45) is -5.23. The van der Waals surface area contributed by atoms with Gasteiger partial charge in [0.05, 0.1) is 12.6 Å². The molecule has 0 aromatic rings. The molecule has 1 unspecified atom stereocenters. The topological polar surface area (TPSA) is 171 Å². The van der Waals surface area contributed by atoms with Gasteiger partial charge in [-0.3, -0.25) is 4.79 Å². The molecule has 18 heavy (non-hydrogen) atoms. The molecule has 0 aromatic heterocycles. The molecule has 0 amide bonds. The molecule has 102 valence electrons. The lowest BCUT2D eigenvalue weighted by Gasteiger charge is -2.39. The van der Waals surface area contributed by atoms with E-state index in [1.807, 2.05) is 0 Å². The van der Waals surface area contributed by atoms with Crippen LogP contribution in [0.2, 0.25) is 0 Å². The van der Waals surface area contributed by atoms with E-state index in [1.54, 1.807) is 0 Å². The van der Waals surface area contributed by atoms with Gasteiger partial charge < -0.3 is 30.5 Å². The molecule has 1 rings (SSSR count). The quantitative estimate of drug-likeness (QED) is 0.189. The summed E-state index contributed by atoms with van der Waals surface area (Å²) in [5, 5.41) is 30.9. The highest BCUT2D eigenvalue weighted by Crippen LogP contribution is 2.20. The lowest BCUT2D eigenvalue weighted by Crippen LogP contribution is -2.62. The Hall–Kier alpha value is -1.42. The van der Waals surface area contributed by atoms with Crippen LogP contribution in [0.15, 0.2) is 5.11 Å². The smallest absolute Gasteiger partial charge is 0.314 e. The van der Waals surface area contributed by atoms with Crippen LogP contribution in [0.5, 0.6) is 0 Å². The molecule has 5 N–H and O–H groups in total. The van der Waals surface area contributed by atoms with Crippen LogP contribution in [-0.2, 0) is 14.3 Å². The summed E-state index contributed by atoms with van der Waals surface area (Å²) in [6.45, 7) is -1.12. The Morgan fingerprint density at radius 3 is 2.72 bits per heavy atom. The average molecular weight is 262 g/mol. The molecule has 0 bridgehead atoms. The number of aliphatic hydroxyl groups excluding tert-OH is 3. The first-order valence-corrected chi connectivity index (χ1v) is 5.09. The van der Waals surface area contributed by atoms with Gasteiger partial charge in [0.25, 0.3) is 0 Å². The summed E-state index contributed by atoms with van der Waals surface area (Å²) >= 11 is 0. The molecule has 10 heteroatoms. The summed E-state index contributed by atoms with van der Waals surface area (Å²) in [5.41, 5.74) is 13.5.